The quantitative estimate of drug-likeness (QED) is 0.913. The molecule has 0 fully saturated rings. The number of aromatic hydroxyl groups is 1. The number of rotatable bonds is 5. The topological polar surface area (TPSA) is 40.5 Å². The van der Waals surface area contributed by atoms with Gasteiger partial charge in [-0.05, 0) is 55.7 Å². The first kappa shape index (κ1) is 15.1. The van der Waals surface area contributed by atoms with Crippen molar-refractivity contribution in [3.63, 3.8) is 0 Å². The number of phenolic OH excluding ortho intramolecular Hbond substituents is 1. The highest BCUT2D eigenvalue weighted by Gasteiger charge is 2.11. The largest absolute Gasteiger partial charge is 0.508 e. The maximum absolute atomic E-state index is 12.2. The van der Waals surface area contributed by atoms with Gasteiger partial charge < -0.3 is 10.0 Å². The lowest BCUT2D eigenvalue weighted by molar-refractivity contribution is 0.0773. The average molecular weight is 283 g/mol. The first-order valence-electron chi connectivity index (χ1n) is 7.30. The molecular weight excluding hydrogens is 262 g/mol. The van der Waals surface area contributed by atoms with Crippen LogP contribution in [0.25, 0.3) is 0 Å². The zero-order valence-electron chi connectivity index (χ0n) is 12.5. The highest BCUT2D eigenvalue weighted by Crippen LogP contribution is 2.16. The van der Waals surface area contributed by atoms with E-state index in [-0.39, 0.29) is 11.7 Å². The minimum atomic E-state index is 0.0731. The summed E-state index contributed by atoms with van der Waals surface area (Å²) in [5, 5.41) is 9.47. The third-order valence-corrected chi connectivity index (χ3v) is 3.57. The van der Waals surface area contributed by atoms with E-state index in [0.29, 0.717) is 0 Å². The molecule has 0 radical (unpaired) electrons. The van der Waals surface area contributed by atoms with Crippen molar-refractivity contribution in [2.45, 2.75) is 20.3 Å². The van der Waals surface area contributed by atoms with Gasteiger partial charge in [-0.2, -0.15) is 0 Å². The van der Waals surface area contributed by atoms with Gasteiger partial charge in [0.05, 0.1) is 0 Å². The fourth-order valence-electron chi connectivity index (χ4n) is 2.36. The summed E-state index contributed by atoms with van der Waals surface area (Å²) in [6.45, 7) is 5.41. The molecule has 1 N–H and O–H groups in total. The van der Waals surface area contributed by atoms with Gasteiger partial charge in [0.25, 0.3) is 5.91 Å². The molecule has 0 bridgehead atoms. The Morgan fingerprint density at radius 1 is 1.00 bits per heavy atom. The van der Waals surface area contributed by atoms with Crippen LogP contribution in [0.1, 0.15) is 35.3 Å². The number of carbonyl (C=O) groups excluding carboxylic acids is 1. The number of phenols is 1. The smallest absolute Gasteiger partial charge is 0.253 e. The maximum atomic E-state index is 12.2. The normalized spacial score (nSPS) is 10.4. The number of hydrogen-bond acceptors (Lipinski definition) is 2. The van der Waals surface area contributed by atoms with Gasteiger partial charge in [0, 0.05) is 18.7 Å². The Balaban J connectivity index is 2.10. The summed E-state index contributed by atoms with van der Waals surface area (Å²) in [5.41, 5.74) is 2.90. The van der Waals surface area contributed by atoms with Crippen LogP contribution in [0.3, 0.4) is 0 Å². The van der Waals surface area contributed by atoms with Gasteiger partial charge in [-0.1, -0.05) is 24.3 Å². The summed E-state index contributed by atoms with van der Waals surface area (Å²) in [4.78, 5) is 14.0. The molecular formula is C18H21NO2. The van der Waals surface area contributed by atoms with E-state index in [1.165, 1.54) is 0 Å². The van der Waals surface area contributed by atoms with Crippen LogP contribution in [0, 0.1) is 0 Å². The molecule has 0 spiro atoms. The van der Waals surface area contributed by atoms with Gasteiger partial charge in [0.2, 0.25) is 0 Å². The number of carbonyl (C=O) groups is 1. The summed E-state index contributed by atoms with van der Waals surface area (Å²) in [5.74, 6) is 0.352. The fourth-order valence-corrected chi connectivity index (χ4v) is 2.36. The fraction of sp³-hybridized carbons (Fsp3) is 0.278. The lowest BCUT2D eigenvalue weighted by Gasteiger charge is -2.18. The van der Waals surface area contributed by atoms with Crippen LogP contribution in [0.2, 0.25) is 0 Å². The van der Waals surface area contributed by atoms with Gasteiger partial charge in [-0.3, -0.25) is 4.79 Å². The maximum Gasteiger partial charge on any atom is 0.253 e. The van der Waals surface area contributed by atoms with Crippen LogP contribution in [0.15, 0.2) is 48.5 Å². The molecule has 0 aliphatic heterocycles. The highest BCUT2D eigenvalue weighted by atomic mass is 16.3. The SMILES string of the molecule is CCN(CC)C(=O)c1ccc(Cc2cccc(O)c2)cc1. The molecule has 0 saturated carbocycles. The third-order valence-electron chi connectivity index (χ3n) is 3.57. The standard InChI is InChI=1S/C18H21NO2/c1-3-19(4-2)18(21)16-10-8-14(9-11-16)12-15-6-5-7-17(20)13-15/h5-11,13,20H,3-4,12H2,1-2H3. The summed E-state index contributed by atoms with van der Waals surface area (Å²) in [6, 6.07) is 14.9. The first-order valence-corrected chi connectivity index (χ1v) is 7.30. The molecule has 0 aliphatic carbocycles. The van der Waals surface area contributed by atoms with Crippen LogP contribution < -0.4 is 0 Å². The molecule has 3 heteroatoms. The molecule has 2 rings (SSSR count). The van der Waals surface area contributed by atoms with Crippen molar-refractivity contribution in [1.82, 2.24) is 4.90 Å². The molecule has 0 aromatic heterocycles. The Hall–Kier alpha value is -2.29. The van der Waals surface area contributed by atoms with Gasteiger partial charge in [-0.25, -0.2) is 0 Å². The van der Waals surface area contributed by atoms with Crippen molar-refractivity contribution in [2.24, 2.45) is 0 Å². The predicted molar refractivity (Wildman–Crippen MR) is 84.6 cm³/mol. The molecule has 1 amide bonds. The second-order valence-electron chi connectivity index (χ2n) is 5.02. The van der Waals surface area contributed by atoms with Crippen LogP contribution in [0.5, 0.6) is 5.75 Å². The van der Waals surface area contributed by atoms with Crippen molar-refractivity contribution in [3.8, 4) is 5.75 Å². The number of benzene rings is 2. The van der Waals surface area contributed by atoms with Crippen molar-refractivity contribution in [3.05, 3.63) is 65.2 Å². The van der Waals surface area contributed by atoms with Crippen LogP contribution in [0.4, 0.5) is 0 Å². The Morgan fingerprint density at radius 3 is 2.24 bits per heavy atom. The lowest BCUT2D eigenvalue weighted by Crippen LogP contribution is -2.30. The second-order valence-corrected chi connectivity index (χ2v) is 5.02. The van der Waals surface area contributed by atoms with E-state index < -0.39 is 0 Å². The average Bonchev–Trinajstić information content (AvgIpc) is 2.49. The molecule has 21 heavy (non-hydrogen) atoms. The molecule has 0 saturated heterocycles. The van der Waals surface area contributed by atoms with E-state index in [2.05, 4.69) is 0 Å². The van der Waals surface area contributed by atoms with Gasteiger partial charge in [-0.15, -0.1) is 0 Å². The van der Waals surface area contributed by atoms with E-state index in [0.717, 1.165) is 36.2 Å². The number of amides is 1. The zero-order valence-corrected chi connectivity index (χ0v) is 12.5. The molecule has 3 nitrogen and oxygen atoms in total. The highest BCUT2D eigenvalue weighted by molar-refractivity contribution is 5.94. The van der Waals surface area contributed by atoms with Gasteiger partial charge in [0.1, 0.15) is 5.75 Å². The second kappa shape index (κ2) is 6.93. The minimum absolute atomic E-state index is 0.0731. The number of nitrogens with zero attached hydrogens (tertiary/aromatic N) is 1. The van der Waals surface area contributed by atoms with Crippen molar-refractivity contribution < 1.29 is 9.90 Å². The van der Waals surface area contributed by atoms with Gasteiger partial charge >= 0.3 is 0 Å². The Kier molecular flexibility index (Phi) is 4.99. The molecule has 0 aliphatic rings. The van der Waals surface area contributed by atoms with Gasteiger partial charge in [0.15, 0.2) is 0 Å². The van der Waals surface area contributed by atoms with Crippen molar-refractivity contribution >= 4 is 5.91 Å². The minimum Gasteiger partial charge on any atom is -0.508 e. The van der Waals surface area contributed by atoms with E-state index in [4.69, 9.17) is 0 Å². The lowest BCUT2D eigenvalue weighted by atomic mass is 10.0. The summed E-state index contributed by atoms with van der Waals surface area (Å²) >= 11 is 0. The molecule has 0 atom stereocenters. The third kappa shape index (κ3) is 3.85. The Morgan fingerprint density at radius 2 is 1.67 bits per heavy atom. The summed E-state index contributed by atoms with van der Waals surface area (Å²) in [7, 11) is 0. The van der Waals surface area contributed by atoms with E-state index >= 15 is 0 Å². The van der Waals surface area contributed by atoms with Crippen molar-refractivity contribution in [1.29, 1.82) is 0 Å². The monoisotopic (exact) mass is 283 g/mol. The van der Waals surface area contributed by atoms with Crippen LogP contribution in [-0.4, -0.2) is 29.0 Å². The summed E-state index contributed by atoms with van der Waals surface area (Å²) in [6.07, 6.45) is 0.744. The Labute approximate surface area is 125 Å². The molecule has 2 aromatic rings. The first-order chi connectivity index (χ1) is 10.1. The van der Waals surface area contributed by atoms with Crippen LogP contribution in [-0.2, 0) is 6.42 Å². The number of hydrogen-bond donors (Lipinski definition) is 1. The zero-order chi connectivity index (χ0) is 15.2. The van der Waals surface area contributed by atoms with E-state index in [1.807, 2.05) is 55.1 Å². The predicted octanol–water partition coefficient (Wildman–Crippen LogP) is 3.47. The van der Waals surface area contributed by atoms with E-state index in [1.54, 1.807) is 12.1 Å². The Bertz CT molecular complexity index is 601. The molecule has 0 heterocycles. The van der Waals surface area contributed by atoms with Crippen molar-refractivity contribution in [2.75, 3.05) is 13.1 Å². The summed E-state index contributed by atoms with van der Waals surface area (Å²) < 4.78 is 0. The molecule has 0 unspecified atom stereocenters. The molecule has 2 aromatic carbocycles. The van der Waals surface area contributed by atoms with Crippen LogP contribution >= 0.6 is 0 Å². The molecule has 110 valence electrons. The van der Waals surface area contributed by atoms with E-state index in [9.17, 15) is 9.90 Å².